The third-order valence-corrected chi connectivity index (χ3v) is 0. The number of hydrogen-bond donors (Lipinski definition) is 0. The quantitative estimate of drug-likeness (QED) is 0.116. The van der Waals surface area contributed by atoms with Gasteiger partial charge in [0.05, 0.1) is 0 Å². The summed E-state index contributed by atoms with van der Waals surface area (Å²) in [5.74, 6) is 0. The van der Waals surface area contributed by atoms with Gasteiger partial charge in [0.15, 0.2) is 0 Å². The van der Waals surface area contributed by atoms with Gasteiger partial charge in [-0.1, -0.05) is 137 Å². The molecule has 0 N–H and O–H groups in total. The standard InChI is InChI=1S/18CH4.Ni.3H2OPS.8H2/c;;;;;;;;;;;;;;;;;;;3*1-3-2;;;;;;;;/h18*1H4;;3*2-3H;8*1H/q;;;;;;;;;;;;;;;;;;;3*-1;;;;;;;;/i;;;;;;;;;;;;;;;;;;;3*3T;8*1+2. The zero-order valence-electron chi connectivity index (χ0n) is 7.27. The molecule has 0 saturated heterocycles. The van der Waals surface area contributed by atoms with Crippen molar-refractivity contribution in [1.82, 2.24) is 0 Å². The Kier molecular flexibility index (Phi) is 7190. The minimum absolute atomic E-state index is 0. The number of hydrogen-bond acceptors (Lipinski definition) is 6. The van der Waals surface area contributed by atoms with E-state index in [0.717, 1.165) is 0 Å². The van der Waals surface area contributed by atoms with Crippen molar-refractivity contribution in [2.75, 3.05) is 0 Å². The molecule has 0 amide bonds. The topological polar surface area (TPSA) is 51.2 Å². The fourth-order valence-electron chi connectivity index (χ4n) is 0. The average molecular weight is 629 g/mol. The second-order valence-corrected chi connectivity index (χ2v) is 2.25. The van der Waals surface area contributed by atoms with Crippen molar-refractivity contribution in [2.45, 2.75) is 134 Å². The van der Waals surface area contributed by atoms with E-state index in [1.807, 2.05) is 0 Å². The third kappa shape index (κ3) is 5900. The Hall–Kier alpha value is 1.84. The molecule has 0 aliphatic heterocycles. The Labute approximate surface area is 233 Å². The summed E-state index contributed by atoms with van der Waals surface area (Å²) in [6.45, 7) is 0. The van der Waals surface area contributed by atoms with Gasteiger partial charge in [-0.3, -0.25) is 32.2 Å². The summed E-state index contributed by atoms with van der Waals surface area (Å²) in [4.78, 5) is 0. The summed E-state index contributed by atoms with van der Waals surface area (Å²) >= 11 is 0. The Bertz CT molecular complexity index is 272. The van der Waals surface area contributed by atoms with E-state index >= 15 is 0 Å². The molecule has 0 radical (unpaired) electrons. The molecular formula is C18H94NiO3P3S3-3. The van der Waals surface area contributed by atoms with E-state index in [2.05, 4.69) is 24.0 Å². The van der Waals surface area contributed by atoms with Crippen LogP contribution in [0.25, 0.3) is 0 Å². The third-order valence-electron chi connectivity index (χ3n) is 0. The largest absolute Gasteiger partial charge is 0.460 e. The normalized spacial score (nSPS) is 3.75. The molecule has 0 rings (SSSR count). The molecule has 0 aliphatic rings. The molecule has 0 aliphatic carbocycles. The molecule has 0 fully saturated rings. The monoisotopic (exact) mass is 628 g/mol. The van der Waals surface area contributed by atoms with Crippen molar-refractivity contribution < 1.29 is 40.5 Å². The summed E-state index contributed by atoms with van der Waals surface area (Å²) in [7, 11) is 2.69. The van der Waals surface area contributed by atoms with Crippen LogP contribution in [0.5, 0.6) is 0 Å². The first-order chi connectivity index (χ1) is 5.20. The summed E-state index contributed by atoms with van der Waals surface area (Å²) in [5.41, 5.74) is 0. The van der Waals surface area contributed by atoms with E-state index in [4.69, 9.17) is 16.0 Å². The van der Waals surface area contributed by atoms with Crippen molar-refractivity contribution in [3.05, 3.63) is 0 Å². The first-order valence-corrected chi connectivity index (χ1v) is 7.01. The molecule has 0 atom stereocenters. The van der Waals surface area contributed by atoms with Crippen LogP contribution in [-0.2, 0) is 61.4 Å². The summed E-state index contributed by atoms with van der Waals surface area (Å²) in [6.07, 6.45) is 0. The van der Waals surface area contributed by atoms with Crippen LogP contribution < -0.4 is 0 Å². The minimum atomic E-state index is -1.56. The molecule has 0 saturated carbocycles. The van der Waals surface area contributed by atoms with E-state index in [-0.39, 0.29) is 162 Å². The fraction of sp³-hybridized carbons (Fsp3) is 1.00. The van der Waals surface area contributed by atoms with Gasteiger partial charge < -0.3 is 12.6 Å². The molecule has 0 aromatic carbocycles. The molecule has 3 nitrogen and oxygen atoms in total. The Morgan fingerprint density at radius 1 is 0.393 bits per heavy atom. The van der Waals surface area contributed by atoms with Crippen LogP contribution in [0.15, 0.2) is 0 Å². The number of thiol groups is 3. The van der Waals surface area contributed by atoms with Crippen molar-refractivity contribution >= 4 is 56.3 Å². The minimum Gasteiger partial charge on any atom is -0.460 e. The van der Waals surface area contributed by atoms with Gasteiger partial charge in [-0.15, -0.1) is 0 Å². The SMILES string of the molecule is C.C.C.C.C.C.C.C.C.C.C.C.C.C.C.C.C.C.[3HH].[3HH].[3HH].[3HH].[3HH].[3HH].[3HH].[3HH].[3H][S-](=O)=P.[3H][S-](=O)=P.[3H][S-](=O)=P.[Ni]. The van der Waals surface area contributed by atoms with Crippen LogP contribution in [0.4, 0.5) is 0 Å². The van der Waals surface area contributed by atoms with Gasteiger partial charge in [0, 0.05) is 27.9 Å². The predicted molar refractivity (Wildman–Crippen MR) is 191 cm³/mol. The molecule has 10 heteroatoms. The molecule has 0 heterocycles. The predicted octanol–water partition coefficient (Wildman–Crippen LogP) is 14.0. The van der Waals surface area contributed by atoms with Gasteiger partial charge in [0.2, 0.25) is 0 Å². The van der Waals surface area contributed by atoms with E-state index in [0.29, 0.717) is 0 Å². The summed E-state index contributed by atoms with van der Waals surface area (Å²) in [6, 6.07) is 0. The van der Waals surface area contributed by atoms with Crippen molar-refractivity contribution in [3.63, 3.8) is 0 Å². The first-order valence-electron chi connectivity index (χ1n) is 2.34. The van der Waals surface area contributed by atoms with Crippen LogP contribution in [0.3, 0.4) is 0 Å². The second-order valence-electron chi connectivity index (χ2n) is 0.250. The second kappa shape index (κ2) is 953. The van der Waals surface area contributed by atoms with Gasteiger partial charge in [-0.05, 0) is 0 Å². The van der Waals surface area contributed by atoms with E-state index in [1.54, 1.807) is 0 Å². The maximum atomic E-state index is 9.14. The van der Waals surface area contributed by atoms with Crippen molar-refractivity contribution in [1.29, 1.82) is 3.37 Å². The molecular weight excluding hydrogens is 512 g/mol. The molecule has 0 spiro atoms. The Morgan fingerprint density at radius 2 is 0.393 bits per heavy atom. The van der Waals surface area contributed by atoms with E-state index in [9.17, 15) is 0 Å². The smallest absolute Gasteiger partial charge is 0 e. The van der Waals surface area contributed by atoms with Gasteiger partial charge in [-0.25, -0.2) is 24.0 Å². The first kappa shape index (κ1) is 211. The maximum absolute atomic E-state index is 9.14. The van der Waals surface area contributed by atoms with E-state index < -0.39 is 32.2 Å². The summed E-state index contributed by atoms with van der Waals surface area (Å²) < 4.78 is 45.3. The van der Waals surface area contributed by atoms with Crippen LogP contribution in [-0.4, -0.2) is 3.37 Å². The van der Waals surface area contributed by atoms with Crippen LogP contribution in [0.2, 0.25) is 0 Å². The van der Waals surface area contributed by atoms with Gasteiger partial charge in [0.1, 0.15) is 0 Å². The van der Waals surface area contributed by atoms with Crippen LogP contribution in [0, 0.1) is 0 Å². The zero-order valence-corrected chi connectivity index (χ0v) is 10.7. The van der Waals surface area contributed by atoms with Gasteiger partial charge in [0.25, 0.3) is 0 Å². The van der Waals surface area contributed by atoms with Crippen LogP contribution >= 0.6 is 24.0 Å². The zero-order chi connectivity index (χ0) is 10.7. The van der Waals surface area contributed by atoms with Crippen molar-refractivity contribution in [3.8, 4) is 0 Å². The van der Waals surface area contributed by atoms with Crippen molar-refractivity contribution in [2.24, 2.45) is 0 Å². The van der Waals surface area contributed by atoms with Gasteiger partial charge in [-0.2, -0.15) is 0 Å². The Morgan fingerprint density at radius 3 is 0.393 bits per heavy atom. The number of rotatable bonds is 0. The molecule has 28 heavy (non-hydrogen) atoms. The molecule has 0 bridgehead atoms. The summed E-state index contributed by atoms with van der Waals surface area (Å²) in [5, 5.41) is 0. The molecule has 0 aromatic rings. The fourth-order valence-corrected chi connectivity index (χ4v) is 0. The van der Waals surface area contributed by atoms with Gasteiger partial charge >= 0.3 is 0 Å². The molecule has 230 valence electrons. The maximum Gasteiger partial charge on any atom is 0 e. The van der Waals surface area contributed by atoms with E-state index in [1.165, 1.54) is 0 Å². The molecule has 0 aromatic heterocycles. The molecule has 0 unspecified atom stereocenters. The average Bonchev–Trinajstić information content (AvgIpc) is 1.54. The Balaban J connectivity index is -0.000000000827. The van der Waals surface area contributed by atoms with Crippen LogP contribution in [0.1, 0.15) is 145 Å².